The molecule has 0 bridgehead atoms. The number of likely N-dealkylation sites (tertiary alicyclic amines) is 1. The van der Waals surface area contributed by atoms with Crippen molar-refractivity contribution in [3.05, 3.63) is 46.6 Å². The summed E-state index contributed by atoms with van der Waals surface area (Å²) in [4.78, 5) is 28.3. The number of likely N-dealkylation sites (N-methyl/N-ethyl adjacent to an activating group) is 1. The first kappa shape index (κ1) is 17.9. The fraction of sp³-hybridized carbons (Fsp3) is 0.235. The average molecular weight is 347 g/mol. The zero-order valence-electron chi connectivity index (χ0n) is 13.3. The molecule has 1 aromatic rings. The van der Waals surface area contributed by atoms with E-state index in [4.69, 9.17) is 17.4 Å². The Bertz CT molecular complexity index is 713. The van der Waals surface area contributed by atoms with Gasteiger partial charge in [0, 0.05) is 23.3 Å². The molecule has 1 fully saturated rings. The van der Waals surface area contributed by atoms with Crippen molar-refractivity contribution in [3.8, 4) is 0 Å². The second kappa shape index (κ2) is 8.42. The van der Waals surface area contributed by atoms with Gasteiger partial charge in [-0.15, -0.1) is 0 Å². The van der Waals surface area contributed by atoms with Gasteiger partial charge in [-0.05, 0) is 48.8 Å². The van der Waals surface area contributed by atoms with Crippen LogP contribution in [-0.2, 0) is 9.59 Å². The van der Waals surface area contributed by atoms with Gasteiger partial charge >= 0.3 is 0 Å². The van der Waals surface area contributed by atoms with E-state index in [-0.39, 0.29) is 6.04 Å². The SMILES string of the molecule is CN1/C(=C\C(=C/C=O)c2cc(Cl)ccc2N=CNN)CCC1C=O. The molecule has 1 unspecified atom stereocenters. The number of hydrazine groups is 1. The molecule has 3 N–H and O–H groups in total. The van der Waals surface area contributed by atoms with Crippen LogP contribution in [0.2, 0.25) is 5.02 Å². The van der Waals surface area contributed by atoms with Crippen molar-refractivity contribution in [2.45, 2.75) is 18.9 Å². The van der Waals surface area contributed by atoms with Crippen LogP contribution in [-0.4, -0.2) is 36.9 Å². The molecule has 126 valence electrons. The third-order valence-corrected chi connectivity index (χ3v) is 4.16. The molecule has 1 saturated heterocycles. The van der Waals surface area contributed by atoms with E-state index in [1.807, 2.05) is 18.0 Å². The van der Waals surface area contributed by atoms with E-state index in [0.29, 0.717) is 28.1 Å². The summed E-state index contributed by atoms with van der Waals surface area (Å²) in [6, 6.07) is 5.06. The molecule has 1 aliphatic heterocycles. The van der Waals surface area contributed by atoms with E-state index in [2.05, 4.69) is 10.4 Å². The fourth-order valence-corrected chi connectivity index (χ4v) is 2.81. The number of hydrogen-bond acceptors (Lipinski definition) is 5. The van der Waals surface area contributed by atoms with Crippen molar-refractivity contribution >= 4 is 41.8 Å². The highest BCUT2D eigenvalue weighted by Crippen LogP contribution is 2.33. The highest BCUT2D eigenvalue weighted by molar-refractivity contribution is 6.31. The largest absolute Gasteiger partial charge is 0.368 e. The van der Waals surface area contributed by atoms with Crippen LogP contribution in [0.25, 0.3) is 5.57 Å². The Morgan fingerprint density at radius 1 is 1.46 bits per heavy atom. The first-order valence-electron chi connectivity index (χ1n) is 7.43. The van der Waals surface area contributed by atoms with Gasteiger partial charge in [0.1, 0.15) is 18.9 Å². The van der Waals surface area contributed by atoms with Crippen LogP contribution >= 0.6 is 11.6 Å². The molecule has 0 aromatic heterocycles. The molecule has 0 amide bonds. The maximum Gasteiger partial charge on any atom is 0.143 e. The molecule has 0 radical (unpaired) electrons. The monoisotopic (exact) mass is 346 g/mol. The molecule has 0 aliphatic carbocycles. The normalized spacial score (nSPS) is 20.0. The van der Waals surface area contributed by atoms with Gasteiger partial charge in [-0.1, -0.05) is 11.6 Å². The first-order valence-corrected chi connectivity index (χ1v) is 7.81. The molecule has 1 atom stereocenters. The highest BCUT2D eigenvalue weighted by atomic mass is 35.5. The summed E-state index contributed by atoms with van der Waals surface area (Å²) in [5.74, 6) is 5.22. The lowest BCUT2D eigenvalue weighted by molar-refractivity contribution is -0.111. The molecule has 1 heterocycles. The summed E-state index contributed by atoms with van der Waals surface area (Å²) in [6.45, 7) is 0. The Hall–Kier alpha value is -2.44. The van der Waals surface area contributed by atoms with E-state index < -0.39 is 0 Å². The summed E-state index contributed by atoms with van der Waals surface area (Å²) in [5, 5.41) is 0.533. The third-order valence-electron chi connectivity index (χ3n) is 3.92. The molecule has 0 saturated carbocycles. The van der Waals surface area contributed by atoms with E-state index >= 15 is 0 Å². The lowest BCUT2D eigenvalue weighted by atomic mass is 10.0. The van der Waals surface area contributed by atoms with Crippen molar-refractivity contribution in [1.82, 2.24) is 10.3 Å². The summed E-state index contributed by atoms with van der Waals surface area (Å²) >= 11 is 6.10. The second-order valence-corrected chi connectivity index (χ2v) is 5.77. The van der Waals surface area contributed by atoms with Crippen LogP contribution in [0, 0.1) is 0 Å². The van der Waals surface area contributed by atoms with Crippen molar-refractivity contribution < 1.29 is 9.59 Å². The summed E-state index contributed by atoms with van der Waals surface area (Å²) in [5.41, 5.74) is 5.32. The van der Waals surface area contributed by atoms with E-state index in [9.17, 15) is 9.59 Å². The van der Waals surface area contributed by atoms with Crippen LogP contribution < -0.4 is 11.3 Å². The molecular weight excluding hydrogens is 328 g/mol. The zero-order valence-corrected chi connectivity index (χ0v) is 14.0. The highest BCUT2D eigenvalue weighted by Gasteiger charge is 2.24. The number of carbonyl (C=O) groups excluding carboxylic acids is 2. The number of allylic oxidation sites excluding steroid dienone is 4. The van der Waals surface area contributed by atoms with Crippen LogP contribution in [0.1, 0.15) is 18.4 Å². The minimum Gasteiger partial charge on any atom is -0.368 e. The number of rotatable bonds is 6. The maximum atomic E-state index is 11.1. The number of benzene rings is 1. The van der Waals surface area contributed by atoms with Crippen LogP contribution in [0.4, 0.5) is 5.69 Å². The third kappa shape index (κ3) is 4.10. The molecule has 1 aromatic carbocycles. The number of nitrogens with one attached hydrogen (secondary N) is 1. The number of carbonyl (C=O) groups is 2. The number of aliphatic imine (C=N–C) groups is 1. The zero-order chi connectivity index (χ0) is 17.5. The Kier molecular flexibility index (Phi) is 6.28. The number of hydrogen-bond donors (Lipinski definition) is 2. The lowest BCUT2D eigenvalue weighted by Gasteiger charge is -2.18. The van der Waals surface area contributed by atoms with Crippen molar-refractivity contribution in [2.24, 2.45) is 10.8 Å². The summed E-state index contributed by atoms with van der Waals surface area (Å²) in [7, 11) is 1.87. The van der Waals surface area contributed by atoms with E-state index in [1.54, 1.807) is 18.2 Å². The summed E-state index contributed by atoms with van der Waals surface area (Å²) in [6.07, 6.45) is 7.87. The molecule has 24 heavy (non-hydrogen) atoms. The topological polar surface area (TPSA) is 87.8 Å². The van der Waals surface area contributed by atoms with Gasteiger partial charge in [0.2, 0.25) is 0 Å². The van der Waals surface area contributed by atoms with E-state index in [1.165, 1.54) is 12.4 Å². The van der Waals surface area contributed by atoms with Crippen LogP contribution in [0.3, 0.4) is 0 Å². The Labute approximate surface area is 145 Å². The minimum absolute atomic E-state index is 0.132. The van der Waals surface area contributed by atoms with Gasteiger partial charge in [0.05, 0.1) is 11.7 Å². The Balaban J connectivity index is 2.48. The number of nitrogens with zero attached hydrogens (tertiary/aromatic N) is 2. The lowest BCUT2D eigenvalue weighted by Crippen LogP contribution is -2.24. The smallest absolute Gasteiger partial charge is 0.143 e. The molecule has 2 rings (SSSR count). The van der Waals surface area contributed by atoms with Crippen molar-refractivity contribution in [3.63, 3.8) is 0 Å². The van der Waals surface area contributed by atoms with Crippen molar-refractivity contribution in [2.75, 3.05) is 7.05 Å². The van der Waals surface area contributed by atoms with Gasteiger partial charge in [0.25, 0.3) is 0 Å². The van der Waals surface area contributed by atoms with Gasteiger partial charge in [-0.25, -0.2) is 10.8 Å². The predicted molar refractivity (Wildman–Crippen MR) is 95.9 cm³/mol. The Morgan fingerprint density at radius 2 is 2.25 bits per heavy atom. The Morgan fingerprint density at radius 3 is 2.88 bits per heavy atom. The van der Waals surface area contributed by atoms with Crippen LogP contribution in [0.5, 0.6) is 0 Å². The van der Waals surface area contributed by atoms with E-state index in [0.717, 1.165) is 24.8 Å². The van der Waals surface area contributed by atoms with Crippen LogP contribution in [0.15, 0.2) is 41.0 Å². The fourth-order valence-electron chi connectivity index (χ4n) is 2.64. The standard InChI is InChI=1S/C17H19ClN4O2/c1-22-14(3-4-15(22)10-24)8-12(6-7-23)16-9-13(18)2-5-17(16)20-11-21-19/h2,5-11,15H,3-4,19H2,1H3,(H,20,21)/b12-6+,14-8-. The second-order valence-electron chi connectivity index (χ2n) is 5.33. The number of nitrogens with two attached hydrogens (primary N) is 1. The molecule has 1 aliphatic rings. The molecule has 0 spiro atoms. The maximum absolute atomic E-state index is 11.1. The minimum atomic E-state index is -0.132. The first-order chi connectivity index (χ1) is 11.6. The molecule has 6 nitrogen and oxygen atoms in total. The molecular formula is C17H19ClN4O2. The average Bonchev–Trinajstić information content (AvgIpc) is 2.93. The number of halogens is 1. The number of aldehydes is 2. The van der Waals surface area contributed by atoms with Gasteiger partial charge < -0.3 is 15.1 Å². The van der Waals surface area contributed by atoms with Crippen molar-refractivity contribution in [1.29, 1.82) is 0 Å². The van der Waals surface area contributed by atoms with Gasteiger partial charge in [-0.3, -0.25) is 4.79 Å². The van der Waals surface area contributed by atoms with Gasteiger partial charge in [0.15, 0.2) is 0 Å². The predicted octanol–water partition coefficient (Wildman–Crippen LogP) is 2.22. The van der Waals surface area contributed by atoms with Gasteiger partial charge in [-0.2, -0.15) is 0 Å². The summed E-state index contributed by atoms with van der Waals surface area (Å²) < 4.78 is 0. The molecule has 7 heteroatoms. The quantitative estimate of drug-likeness (QED) is 0.206.